The highest BCUT2D eigenvalue weighted by Gasteiger charge is 2.44. The van der Waals surface area contributed by atoms with Crippen LogP contribution >= 0.6 is 11.8 Å². The molecule has 3 heteroatoms. The van der Waals surface area contributed by atoms with E-state index < -0.39 is 0 Å². The molecule has 1 fully saturated rings. The average molecular weight is 230 g/mol. The lowest BCUT2D eigenvalue weighted by Crippen LogP contribution is -2.60. The van der Waals surface area contributed by atoms with Crippen LogP contribution in [0, 0.1) is 0 Å². The molecule has 0 aromatic rings. The van der Waals surface area contributed by atoms with Crippen LogP contribution in [0.4, 0.5) is 0 Å². The maximum absolute atomic E-state index is 6.03. The lowest BCUT2D eigenvalue weighted by Gasteiger charge is -2.47. The van der Waals surface area contributed by atoms with Crippen LogP contribution in [0.15, 0.2) is 0 Å². The summed E-state index contributed by atoms with van der Waals surface area (Å²) in [6.45, 7) is 9.99. The van der Waals surface area contributed by atoms with Gasteiger partial charge in [0.1, 0.15) is 0 Å². The molecule has 2 atom stereocenters. The largest absolute Gasteiger partial charge is 0.329 e. The molecule has 1 aliphatic rings. The van der Waals surface area contributed by atoms with Crippen LogP contribution in [0.3, 0.4) is 0 Å². The second-order valence-corrected chi connectivity index (χ2v) is 6.91. The quantitative estimate of drug-likeness (QED) is 0.804. The van der Waals surface area contributed by atoms with Gasteiger partial charge in [-0.15, -0.1) is 0 Å². The predicted molar refractivity (Wildman–Crippen MR) is 70.5 cm³/mol. The Bertz CT molecular complexity index is 218. The summed E-state index contributed by atoms with van der Waals surface area (Å²) < 4.78 is 0. The van der Waals surface area contributed by atoms with Crippen LogP contribution in [-0.4, -0.2) is 40.6 Å². The monoisotopic (exact) mass is 230 g/mol. The third-order valence-electron chi connectivity index (χ3n) is 4.17. The summed E-state index contributed by atoms with van der Waals surface area (Å²) in [5.74, 6) is 1.19. The van der Waals surface area contributed by atoms with Crippen molar-refractivity contribution in [2.75, 3.05) is 19.3 Å². The van der Waals surface area contributed by atoms with Crippen LogP contribution < -0.4 is 5.73 Å². The van der Waals surface area contributed by atoms with E-state index in [1.54, 1.807) is 0 Å². The molecule has 1 rings (SSSR count). The molecular weight excluding hydrogens is 204 g/mol. The number of rotatable bonds is 4. The number of nitrogens with zero attached hydrogens (tertiary/aromatic N) is 1. The second-order valence-electron chi connectivity index (χ2n) is 5.48. The van der Waals surface area contributed by atoms with Crippen LogP contribution in [0.1, 0.15) is 40.5 Å². The predicted octanol–water partition coefficient (Wildman–Crippen LogP) is 2.33. The summed E-state index contributed by atoms with van der Waals surface area (Å²) in [5.41, 5.74) is 6.51. The molecule has 90 valence electrons. The molecule has 1 saturated heterocycles. The fourth-order valence-electron chi connectivity index (χ4n) is 2.34. The summed E-state index contributed by atoms with van der Waals surface area (Å²) in [5, 5.41) is 0.753. The minimum atomic E-state index is 0.226. The Balaban J connectivity index is 2.83. The summed E-state index contributed by atoms with van der Waals surface area (Å²) in [7, 11) is 2.24. The van der Waals surface area contributed by atoms with Crippen LogP contribution in [0.2, 0.25) is 0 Å². The molecule has 15 heavy (non-hydrogen) atoms. The molecule has 2 nitrogen and oxygen atoms in total. The number of likely N-dealkylation sites (N-methyl/N-ethyl adjacent to an activating group) is 1. The normalized spacial score (nSPS) is 32.6. The first-order valence-electron chi connectivity index (χ1n) is 5.93. The zero-order valence-corrected chi connectivity index (χ0v) is 11.7. The van der Waals surface area contributed by atoms with E-state index in [9.17, 15) is 0 Å². The van der Waals surface area contributed by atoms with E-state index in [1.165, 1.54) is 18.6 Å². The molecule has 0 aromatic heterocycles. The van der Waals surface area contributed by atoms with Gasteiger partial charge in [-0.05, 0) is 33.7 Å². The standard InChI is InChI=1S/C12H26N2S/c1-6-11(3,4)14(5)12(8-13)7-10(2)15-9-12/h10H,6-9,13H2,1-5H3. The molecule has 0 aliphatic carbocycles. The summed E-state index contributed by atoms with van der Waals surface area (Å²) >= 11 is 2.06. The summed E-state index contributed by atoms with van der Waals surface area (Å²) in [4.78, 5) is 2.52. The van der Waals surface area contributed by atoms with Gasteiger partial charge in [0, 0.05) is 28.6 Å². The second kappa shape index (κ2) is 4.64. The number of nitrogens with two attached hydrogens (primary N) is 1. The van der Waals surface area contributed by atoms with E-state index >= 15 is 0 Å². The summed E-state index contributed by atoms with van der Waals surface area (Å²) in [6, 6.07) is 0. The van der Waals surface area contributed by atoms with E-state index in [-0.39, 0.29) is 11.1 Å². The average Bonchev–Trinajstić information content (AvgIpc) is 2.60. The topological polar surface area (TPSA) is 29.3 Å². The Morgan fingerprint density at radius 1 is 1.53 bits per heavy atom. The number of thioether (sulfide) groups is 1. The van der Waals surface area contributed by atoms with Gasteiger partial charge in [-0.1, -0.05) is 13.8 Å². The third kappa shape index (κ3) is 2.51. The Morgan fingerprint density at radius 3 is 2.47 bits per heavy atom. The van der Waals surface area contributed by atoms with Crippen molar-refractivity contribution in [1.82, 2.24) is 4.90 Å². The van der Waals surface area contributed by atoms with Gasteiger partial charge in [-0.25, -0.2) is 0 Å². The first kappa shape index (κ1) is 13.3. The highest BCUT2D eigenvalue weighted by atomic mass is 32.2. The molecule has 0 radical (unpaired) electrons. The van der Waals surface area contributed by atoms with Crippen LogP contribution in [-0.2, 0) is 0 Å². The van der Waals surface area contributed by atoms with Crippen molar-refractivity contribution < 1.29 is 0 Å². The molecular formula is C12H26N2S. The minimum absolute atomic E-state index is 0.226. The van der Waals surface area contributed by atoms with Gasteiger partial charge in [0.05, 0.1) is 0 Å². The fraction of sp³-hybridized carbons (Fsp3) is 1.00. The van der Waals surface area contributed by atoms with Crippen molar-refractivity contribution in [3.63, 3.8) is 0 Å². The third-order valence-corrected chi connectivity index (χ3v) is 5.61. The number of hydrogen-bond acceptors (Lipinski definition) is 3. The van der Waals surface area contributed by atoms with Crippen molar-refractivity contribution >= 4 is 11.8 Å². The van der Waals surface area contributed by atoms with E-state index in [1.807, 2.05) is 0 Å². The molecule has 0 bridgehead atoms. The highest BCUT2D eigenvalue weighted by molar-refractivity contribution is 8.00. The molecule has 0 saturated carbocycles. The molecule has 1 heterocycles. The van der Waals surface area contributed by atoms with E-state index in [2.05, 4.69) is 51.4 Å². The lowest BCUT2D eigenvalue weighted by atomic mass is 9.87. The zero-order valence-electron chi connectivity index (χ0n) is 10.8. The van der Waals surface area contributed by atoms with Gasteiger partial charge in [0.25, 0.3) is 0 Å². The molecule has 1 aliphatic heterocycles. The van der Waals surface area contributed by atoms with Crippen molar-refractivity contribution in [2.24, 2.45) is 5.73 Å². The fourth-order valence-corrected chi connectivity index (χ4v) is 3.79. The van der Waals surface area contributed by atoms with Gasteiger partial charge in [-0.3, -0.25) is 4.90 Å². The maximum atomic E-state index is 6.03. The smallest absolute Gasteiger partial charge is 0.0434 e. The van der Waals surface area contributed by atoms with Gasteiger partial charge >= 0.3 is 0 Å². The van der Waals surface area contributed by atoms with Gasteiger partial charge < -0.3 is 5.73 Å². The van der Waals surface area contributed by atoms with Gasteiger partial charge in [0.2, 0.25) is 0 Å². The molecule has 0 amide bonds. The first-order chi connectivity index (χ1) is 6.88. The highest BCUT2D eigenvalue weighted by Crippen LogP contribution is 2.40. The molecule has 0 aromatic carbocycles. The minimum Gasteiger partial charge on any atom is -0.329 e. The van der Waals surface area contributed by atoms with Crippen LogP contribution in [0.25, 0.3) is 0 Å². The number of hydrogen-bond donors (Lipinski definition) is 1. The van der Waals surface area contributed by atoms with Gasteiger partial charge in [0.15, 0.2) is 0 Å². The Hall–Kier alpha value is 0.270. The SMILES string of the molecule is CCC(C)(C)N(C)C1(CN)CSC(C)C1. The van der Waals surface area contributed by atoms with Crippen molar-refractivity contribution in [3.8, 4) is 0 Å². The zero-order chi connectivity index (χ0) is 11.7. The Kier molecular flexibility index (Phi) is 4.13. The first-order valence-corrected chi connectivity index (χ1v) is 6.98. The van der Waals surface area contributed by atoms with Crippen molar-refractivity contribution in [2.45, 2.75) is 56.9 Å². The molecule has 0 spiro atoms. The Morgan fingerprint density at radius 2 is 2.13 bits per heavy atom. The van der Waals surface area contributed by atoms with Gasteiger partial charge in [-0.2, -0.15) is 11.8 Å². The Labute approximate surface area is 99.0 Å². The van der Waals surface area contributed by atoms with E-state index in [0.29, 0.717) is 0 Å². The van der Waals surface area contributed by atoms with Crippen molar-refractivity contribution in [3.05, 3.63) is 0 Å². The van der Waals surface area contributed by atoms with E-state index in [4.69, 9.17) is 5.73 Å². The van der Waals surface area contributed by atoms with E-state index in [0.717, 1.165) is 11.8 Å². The van der Waals surface area contributed by atoms with Crippen molar-refractivity contribution in [1.29, 1.82) is 0 Å². The summed E-state index contributed by atoms with van der Waals surface area (Å²) in [6.07, 6.45) is 2.40. The molecule has 2 unspecified atom stereocenters. The lowest BCUT2D eigenvalue weighted by molar-refractivity contribution is 0.0378. The molecule has 2 N–H and O–H groups in total. The maximum Gasteiger partial charge on any atom is 0.0434 e. The van der Waals surface area contributed by atoms with Crippen LogP contribution in [0.5, 0.6) is 0 Å².